The summed E-state index contributed by atoms with van der Waals surface area (Å²) in [5.74, 6) is -0.834. The Morgan fingerprint density at radius 2 is 1.92 bits per heavy atom. The SMILES string of the molecule is C/C(=N/NC(=O)c1cc(Cl)ccc1O)c1ccc(OC(F)F)cc1. The Bertz CT molecular complexity index is 764. The van der Waals surface area contributed by atoms with Crippen molar-refractivity contribution < 1.29 is 23.4 Å². The second-order valence-corrected chi connectivity index (χ2v) is 5.14. The van der Waals surface area contributed by atoms with Crippen molar-refractivity contribution in [2.45, 2.75) is 13.5 Å². The van der Waals surface area contributed by atoms with Crippen LogP contribution < -0.4 is 10.2 Å². The Morgan fingerprint density at radius 1 is 1.25 bits per heavy atom. The molecular weight excluding hydrogens is 342 g/mol. The van der Waals surface area contributed by atoms with Gasteiger partial charge in [0.15, 0.2) is 0 Å². The number of aromatic hydroxyl groups is 1. The van der Waals surface area contributed by atoms with Crippen LogP contribution in [0.2, 0.25) is 5.02 Å². The van der Waals surface area contributed by atoms with Gasteiger partial charge in [-0.15, -0.1) is 0 Å². The van der Waals surface area contributed by atoms with Crippen LogP contribution in [0.5, 0.6) is 11.5 Å². The van der Waals surface area contributed by atoms with Crippen molar-refractivity contribution in [2.75, 3.05) is 0 Å². The van der Waals surface area contributed by atoms with Gasteiger partial charge in [0, 0.05) is 5.02 Å². The molecule has 0 aromatic heterocycles. The van der Waals surface area contributed by atoms with Gasteiger partial charge in [-0.05, 0) is 55.0 Å². The third-order valence-electron chi connectivity index (χ3n) is 3.03. The van der Waals surface area contributed by atoms with Gasteiger partial charge in [0.1, 0.15) is 11.5 Å². The largest absolute Gasteiger partial charge is 0.507 e. The zero-order valence-corrected chi connectivity index (χ0v) is 13.2. The first-order valence-electron chi connectivity index (χ1n) is 6.75. The number of hydrogen-bond donors (Lipinski definition) is 2. The van der Waals surface area contributed by atoms with Gasteiger partial charge in [-0.3, -0.25) is 4.79 Å². The van der Waals surface area contributed by atoms with Crippen molar-refractivity contribution >= 4 is 23.2 Å². The maximum absolute atomic E-state index is 12.1. The average molecular weight is 355 g/mol. The van der Waals surface area contributed by atoms with Crippen molar-refractivity contribution in [2.24, 2.45) is 5.10 Å². The summed E-state index contributed by atoms with van der Waals surface area (Å²) in [6.45, 7) is -1.27. The number of phenols is 1. The fraction of sp³-hybridized carbons (Fsp3) is 0.125. The molecule has 0 bridgehead atoms. The molecule has 2 rings (SSSR count). The third-order valence-corrected chi connectivity index (χ3v) is 3.26. The number of phenolic OH excluding ortho intramolecular Hbond substituents is 1. The van der Waals surface area contributed by atoms with E-state index in [1.807, 2.05) is 0 Å². The lowest BCUT2D eigenvalue weighted by Gasteiger charge is -2.07. The maximum atomic E-state index is 12.1. The number of ether oxygens (including phenoxy) is 1. The highest BCUT2D eigenvalue weighted by atomic mass is 35.5. The second kappa shape index (κ2) is 7.74. The molecule has 0 aliphatic rings. The number of alkyl halides is 2. The number of rotatable bonds is 5. The van der Waals surface area contributed by atoms with Gasteiger partial charge in [0.25, 0.3) is 5.91 Å². The van der Waals surface area contributed by atoms with Gasteiger partial charge >= 0.3 is 6.61 Å². The molecule has 0 heterocycles. The van der Waals surface area contributed by atoms with E-state index in [0.717, 1.165) is 0 Å². The number of nitrogens with one attached hydrogen (secondary N) is 1. The summed E-state index contributed by atoms with van der Waals surface area (Å²) in [7, 11) is 0. The number of amides is 1. The molecule has 0 aliphatic heterocycles. The van der Waals surface area contributed by atoms with E-state index in [2.05, 4.69) is 15.3 Å². The van der Waals surface area contributed by atoms with Gasteiger partial charge in [0.2, 0.25) is 0 Å². The molecule has 8 heteroatoms. The molecule has 0 saturated carbocycles. The first-order chi connectivity index (χ1) is 11.4. The van der Waals surface area contributed by atoms with E-state index in [1.54, 1.807) is 6.92 Å². The van der Waals surface area contributed by atoms with E-state index < -0.39 is 12.5 Å². The summed E-state index contributed by atoms with van der Waals surface area (Å²) in [4.78, 5) is 12.0. The van der Waals surface area contributed by atoms with Gasteiger partial charge in [-0.1, -0.05) is 11.6 Å². The van der Waals surface area contributed by atoms with Crippen molar-refractivity contribution in [3.05, 3.63) is 58.6 Å². The quantitative estimate of drug-likeness (QED) is 0.633. The number of carbonyl (C=O) groups is 1. The molecule has 0 unspecified atom stereocenters. The van der Waals surface area contributed by atoms with Crippen LogP contribution in [0.1, 0.15) is 22.8 Å². The van der Waals surface area contributed by atoms with Crippen LogP contribution in [0.4, 0.5) is 8.78 Å². The first kappa shape index (κ1) is 17.7. The molecule has 0 spiro atoms. The van der Waals surface area contributed by atoms with Crippen LogP contribution in [0, 0.1) is 0 Å². The summed E-state index contributed by atoms with van der Waals surface area (Å²) in [6.07, 6.45) is 0. The highest BCUT2D eigenvalue weighted by Gasteiger charge is 2.11. The summed E-state index contributed by atoms with van der Waals surface area (Å²) < 4.78 is 28.4. The lowest BCUT2D eigenvalue weighted by molar-refractivity contribution is -0.0498. The number of halogens is 3. The van der Waals surface area contributed by atoms with Crippen molar-refractivity contribution in [3.8, 4) is 11.5 Å². The molecule has 0 aliphatic carbocycles. The molecule has 126 valence electrons. The lowest BCUT2D eigenvalue weighted by atomic mass is 10.1. The van der Waals surface area contributed by atoms with Gasteiger partial charge in [0.05, 0.1) is 11.3 Å². The molecule has 2 aromatic carbocycles. The van der Waals surface area contributed by atoms with E-state index in [4.69, 9.17) is 11.6 Å². The Morgan fingerprint density at radius 3 is 2.54 bits per heavy atom. The standard InChI is InChI=1S/C16H13ClF2N2O3/c1-9(10-2-5-12(6-3-10)24-16(18)19)20-21-15(23)13-8-11(17)4-7-14(13)22/h2-8,16,22H,1H3,(H,21,23)/b20-9-. The van der Waals surface area contributed by atoms with E-state index in [0.29, 0.717) is 16.3 Å². The highest BCUT2D eigenvalue weighted by molar-refractivity contribution is 6.31. The number of hydrazone groups is 1. The molecule has 0 fully saturated rings. The average Bonchev–Trinajstić information content (AvgIpc) is 2.54. The number of carbonyl (C=O) groups excluding carboxylic acids is 1. The van der Waals surface area contributed by atoms with Crippen LogP contribution >= 0.6 is 11.6 Å². The maximum Gasteiger partial charge on any atom is 0.387 e. The topological polar surface area (TPSA) is 70.9 Å². The second-order valence-electron chi connectivity index (χ2n) is 4.70. The summed E-state index contributed by atoms with van der Waals surface area (Å²) in [5.41, 5.74) is 3.32. The molecule has 0 saturated heterocycles. The predicted octanol–water partition coefficient (Wildman–Crippen LogP) is 3.80. The van der Waals surface area contributed by atoms with Crippen LogP contribution in [-0.4, -0.2) is 23.3 Å². The van der Waals surface area contributed by atoms with Gasteiger partial charge in [-0.25, -0.2) is 5.43 Å². The van der Waals surface area contributed by atoms with Crippen molar-refractivity contribution in [3.63, 3.8) is 0 Å². The number of benzene rings is 2. The van der Waals surface area contributed by atoms with Crippen LogP contribution in [0.25, 0.3) is 0 Å². The highest BCUT2D eigenvalue weighted by Crippen LogP contribution is 2.21. The molecule has 2 N–H and O–H groups in total. The van der Waals surface area contributed by atoms with Crippen molar-refractivity contribution in [1.82, 2.24) is 5.43 Å². The Hall–Kier alpha value is -2.67. The molecule has 2 aromatic rings. The minimum atomic E-state index is -2.89. The number of nitrogens with zero attached hydrogens (tertiary/aromatic N) is 1. The first-order valence-corrected chi connectivity index (χ1v) is 7.13. The van der Waals surface area contributed by atoms with Crippen LogP contribution in [0.15, 0.2) is 47.6 Å². The minimum Gasteiger partial charge on any atom is -0.507 e. The zero-order valence-electron chi connectivity index (χ0n) is 12.5. The van der Waals surface area contributed by atoms with Crippen LogP contribution in [-0.2, 0) is 0 Å². The third kappa shape index (κ3) is 4.66. The fourth-order valence-corrected chi connectivity index (χ4v) is 2.00. The smallest absolute Gasteiger partial charge is 0.387 e. The van der Waals surface area contributed by atoms with Crippen LogP contribution in [0.3, 0.4) is 0 Å². The summed E-state index contributed by atoms with van der Waals surface area (Å²) in [6, 6.07) is 9.85. The van der Waals surface area contributed by atoms with E-state index in [-0.39, 0.29) is 17.1 Å². The fourth-order valence-electron chi connectivity index (χ4n) is 1.83. The monoisotopic (exact) mass is 354 g/mol. The number of hydrogen-bond acceptors (Lipinski definition) is 4. The van der Waals surface area contributed by atoms with Gasteiger partial charge < -0.3 is 9.84 Å². The normalized spacial score (nSPS) is 11.5. The predicted molar refractivity (Wildman–Crippen MR) is 85.9 cm³/mol. The van der Waals surface area contributed by atoms with Crippen molar-refractivity contribution in [1.29, 1.82) is 0 Å². The Kier molecular flexibility index (Phi) is 5.70. The Balaban J connectivity index is 2.08. The Labute approximate surface area is 141 Å². The van der Waals surface area contributed by atoms with E-state index in [1.165, 1.54) is 42.5 Å². The van der Waals surface area contributed by atoms with E-state index in [9.17, 15) is 18.7 Å². The molecule has 0 atom stereocenters. The summed E-state index contributed by atoms with van der Waals surface area (Å²) >= 11 is 5.78. The minimum absolute atomic E-state index is 0.0141. The molecular formula is C16H13ClF2N2O3. The van der Waals surface area contributed by atoms with Gasteiger partial charge in [-0.2, -0.15) is 13.9 Å². The summed E-state index contributed by atoms with van der Waals surface area (Å²) in [5, 5.41) is 13.9. The van der Waals surface area contributed by atoms with E-state index >= 15 is 0 Å². The molecule has 1 amide bonds. The molecule has 24 heavy (non-hydrogen) atoms. The zero-order chi connectivity index (χ0) is 17.7. The molecule has 0 radical (unpaired) electrons. The lowest BCUT2D eigenvalue weighted by Crippen LogP contribution is -2.19. The molecule has 5 nitrogen and oxygen atoms in total.